The minimum Gasteiger partial charge on any atom is -0.465 e. The Balaban J connectivity index is 1.57. The molecule has 0 saturated heterocycles. The molecule has 0 spiro atoms. The van der Waals surface area contributed by atoms with Crippen molar-refractivity contribution in [3.05, 3.63) is 78.0 Å². The number of nitrogens with zero attached hydrogens (tertiary/aromatic N) is 2. The molecule has 0 aliphatic carbocycles. The number of benzene rings is 2. The van der Waals surface area contributed by atoms with E-state index >= 15 is 0 Å². The number of hydrogen-bond donors (Lipinski definition) is 1. The van der Waals surface area contributed by atoms with Gasteiger partial charge in [0.2, 0.25) is 11.8 Å². The van der Waals surface area contributed by atoms with Gasteiger partial charge in [-0.15, -0.1) is 0 Å². The zero-order chi connectivity index (χ0) is 21.1. The number of methoxy groups -OCH3 is 1. The van der Waals surface area contributed by atoms with Gasteiger partial charge < -0.3 is 14.8 Å². The van der Waals surface area contributed by atoms with Gasteiger partial charge in [0, 0.05) is 11.9 Å². The molecule has 4 rings (SSSR count). The topological polar surface area (TPSA) is 97.8 Å². The minimum absolute atomic E-state index is 0.242. The standard InChI is InChI=1S/C22H17N3O5/c1-29-22(28)14-8-10-15(11-9-14)24-19(26)13-25-17-6-4-12-23-20(17)30-18-7-3-2-5-16(18)21(25)27/h2-12H,13H2,1H3,(H,24,26). The summed E-state index contributed by atoms with van der Waals surface area (Å²) < 4.78 is 10.5. The molecule has 2 heterocycles. The molecule has 1 aromatic heterocycles. The van der Waals surface area contributed by atoms with Gasteiger partial charge in [0.05, 0.1) is 18.2 Å². The highest BCUT2D eigenvalue weighted by atomic mass is 16.5. The average molecular weight is 403 g/mol. The van der Waals surface area contributed by atoms with E-state index in [1.807, 2.05) is 0 Å². The van der Waals surface area contributed by atoms with Crippen molar-refractivity contribution in [3.63, 3.8) is 0 Å². The SMILES string of the molecule is COC(=O)c1ccc(NC(=O)CN2C(=O)c3ccccc3Oc3ncccc32)cc1. The summed E-state index contributed by atoms with van der Waals surface area (Å²) in [4.78, 5) is 42.9. The monoisotopic (exact) mass is 403 g/mol. The summed E-state index contributed by atoms with van der Waals surface area (Å²) in [6.45, 7) is -0.242. The normalized spacial score (nSPS) is 12.2. The second kappa shape index (κ2) is 8.04. The van der Waals surface area contributed by atoms with E-state index in [0.717, 1.165) is 0 Å². The first kappa shape index (κ1) is 19.1. The minimum atomic E-state index is -0.467. The van der Waals surface area contributed by atoms with Crippen LogP contribution in [-0.4, -0.2) is 36.4 Å². The molecule has 8 nitrogen and oxygen atoms in total. The Morgan fingerprint density at radius 1 is 1.07 bits per heavy atom. The number of ether oxygens (including phenoxy) is 2. The largest absolute Gasteiger partial charge is 0.465 e. The third-order valence-corrected chi connectivity index (χ3v) is 4.50. The highest BCUT2D eigenvalue weighted by Gasteiger charge is 2.30. The Morgan fingerprint density at radius 3 is 2.60 bits per heavy atom. The summed E-state index contributed by atoms with van der Waals surface area (Å²) in [5.74, 6) is -0.627. The van der Waals surface area contributed by atoms with Crippen LogP contribution in [0.4, 0.5) is 11.4 Å². The number of fused-ring (bicyclic) bond motifs is 2. The van der Waals surface area contributed by atoms with E-state index in [1.165, 1.54) is 12.0 Å². The number of esters is 1. The first-order valence-corrected chi connectivity index (χ1v) is 9.09. The number of carbonyl (C=O) groups is 3. The van der Waals surface area contributed by atoms with Crippen molar-refractivity contribution in [2.24, 2.45) is 0 Å². The van der Waals surface area contributed by atoms with Crippen LogP contribution in [0.25, 0.3) is 0 Å². The lowest BCUT2D eigenvalue weighted by molar-refractivity contribution is -0.114. The van der Waals surface area contributed by atoms with Crippen molar-refractivity contribution in [1.82, 2.24) is 4.98 Å². The van der Waals surface area contributed by atoms with Gasteiger partial charge in [0.25, 0.3) is 5.91 Å². The van der Waals surface area contributed by atoms with Crippen molar-refractivity contribution in [1.29, 1.82) is 0 Å². The van der Waals surface area contributed by atoms with Gasteiger partial charge in [-0.2, -0.15) is 0 Å². The van der Waals surface area contributed by atoms with Gasteiger partial charge in [-0.3, -0.25) is 14.5 Å². The maximum absolute atomic E-state index is 13.1. The van der Waals surface area contributed by atoms with Gasteiger partial charge in [0.1, 0.15) is 18.0 Å². The van der Waals surface area contributed by atoms with Crippen molar-refractivity contribution >= 4 is 29.2 Å². The van der Waals surface area contributed by atoms with Crippen LogP contribution >= 0.6 is 0 Å². The van der Waals surface area contributed by atoms with E-state index < -0.39 is 11.9 Å². The Hall–Kier alpha value is -4.20. The molecule has 30 heavy (non-hydrogen) atoms. The Morgan fingerprint density at radius 2 is 1.83 bits per heavy atom. The Labute approximate surface area is 172 Å². The second-order valence-electron chi connectivity index (χ2n) is 6.43. The molecule has 2 amide bonds. The highest BCUT2D eigenvalue weighted by molar-refractivity contribution is 6.12. The molecule has 3 aromatic rings. The number of pyridine rings is 1. The van der Waals surface area contributed by atoms with Crippen molar-refractivity contribution in [2.45, 2.75) is 0 Å². The van der Waals surface area contributed by atoms with Crippen LogP contribution in [0.1, 0.15) is 20.7 Å². The van der Waals surface area contributed by atoms with Crippen LogP contribution in [0.15, 0.2) is 66.9 Å². The van der Waals surface area contributed by atoms with Crippen molar-refractivity contribution < 1.29 is 23.9 Å². The molecule has 0 fully saturated rings. The summed E-state index contributed by atoms with van der Waals surface area (Å²) in [6, 6.07) is 16.4. The third-order valence-electron chi connectivity index (χ3n) is 4.50. The molecule has 0 saturated carbocycles. The number of hydrogen-bond acceptors (Lipinski definition) is 6. The molecule has 150 valence electrons. The molecule has 1 N–H and O–H groups in total. The number of rotatable bonds is 4. The number of para-hydroxylation sites is 1. The molecule has 0 bridgehead atoms. The Kier molecular flexibility index (Phi) is 5.13. The zero-order valence-corrected chi connectivity index (χ0v) is 16.0. The summed E-state index contributed by atoms with van der Waals surface area (Å²) in [6.07, 6.45) is 1.55. The van der Waals surface area contributed by atoms with Gasteiger partial charge in [-0.25, -0.2) is 9.78 Å². The number of anilines is 2. The molecule has 8 heteroatoms. The molecular formula is C22H17N3O5. The zero-order valence-electron chi connectivity index (χ0n) is 16.0. The third kappa shape index (κ3) is 3.70. The Bertz CT molecular complexity index is 1130. The predicted molar refractivity (Wildman–Crippen MR) is 109 cm³/mol. The maximum Gasteiger partial charge on any atom is 0.337 e. The predicted octanol–water partition coefficient (Wildman–Crippen LogP) is 3.26. The molecule has 1 aliphatic heterocycles. The molecule has 0 atom stereocenters. The number of nitrogens with one attached hydrogen (secondary N) is 1. The van der Waals surface area contributed by atoms with E-state index in [4.69, 9.17) is 4.74 Å². The van der Waals surface area contributed by atoms with Crippen molar-refractivity contribution in [2.75, 3.05) is 23.9 Å². The smallest absolute Gasteiger partial charge is 0.337 e. The van der Waals surface area contributed by atoms with E-state index in [9.17, 15) is 14.4 Å². The fraction of sp³-hybridized carbons (Fsp3) is 0.0909. The van der Waals surface area contributed by atoms with Gasteiger partial charge in [-0.05, 0) is 48.5 Å². The van der Waals surface area contributed by atoms with E-state index in [0.29, 0.717) is 28.3 Å². The van der Waals surface area contributed by atoms with Crippen LogP contribution in [0.2, 0.25) is 0 Å². The molecule has 2 aromatic carbocycles. The molecule has 1 aliphatic rings. The molecule has 0 unspecified atom stereocenters. The first-order chi connectivity index (χ1) is 14.6. The van der Waals surface area contributed by atoms with E-state index in [2.05, 4.69) is 15.0 Å². The van der Waals surface area contributed by atoms with Gasteiger partial charge in [0.15, 0.2) is 0 Å². The van der Waals surface area contributed by atoms with Crippen LogP contribution in [0, 0.1) is 0 Å². The number of amides is 2. The molecular weight excluding hydrogens is 386 g/mol. The van der Waals surface area contributed by atoms with Crippen LogP contribution in [0.5, 0.6) is 11.6 Å². The summed E-state index contributed by atoms with van der Waals surface area (Å²) in [5, 5.41) is 2.72. The van der Waals surface area contributed by atoms with E-state index in [-0.39, 0.29) is 18.3 Å². The molecule has 0 radical (unpaired) electrons. The number of aromatic nitrogens is 1. The van der Waals surface area contributed by atoms with Crippen LogP contribution < -0.4 is 15.0 Å². The van der Waals surface area contributed by atoms with E-state index in [1.54, 1.807) is 66.9 Å². The van der Waals surface area contributed by atoms with Crippen molar-refractivity contribution in [3.8, 4) is 11.6 Å². The summed E-state index contributed by atoms with van der Waals surface area (Å²) >= 11 is 0. The van der Waals surface area contributed by atoms with Crippen LogP contribution in [0.3, 0.4) is 0 Å². The summed E-state index contributed by atoms with van der Waals surface area (Å²) in [5.41, 5.74) is 1.59. The van der Waals surface area contributed by atoms with Crippen LogP contribution in [-0.2, 0) is 9.53 Å². The second-order valence-corrected chi connectivity index (χ2v) is 6.43. The van der Waals surface area contributed by atoms with Gasteiger partial charge in [-0.1, -0.05) is 12.1 Å². The summed E-state index contributed by atoms with van der Waals surface area (Å²) in [7, 11) is 1.30. The number of carbonyl (C=O) groups excluding carboxylic acids is 3. The lowest BCUT2D eigenvalue weighted by atomic mass is 10.1. The quantitative estimate of drug-likeness (QED) is 0.672. The maximum atomic E-state index is 13.1. The fourth-order valence-corrected chi connectivity index (χ4v) is 3.07. The first-order valence-electron chi connectivity index (χ1n) is 9.09. The average Bonchev–Trinajstić information content (AvgIpc) is 2.89. The van der Waals surface area contributed by atoms with Gasteiger partial charge >= 0.3 is 5.97 Å². The highest BCUT2D eigenvalue weighted by Crippen LogP contribution is 2.36. The fourth-order valence-electron chi connectivity index (χ4n) is 3.07. The lowest BCUT2D eigenvalue weighted by Gasteiger charge is -2.21. The lowest BCUT2D eigenvalue weighted by Crippen LogP contribution is -2.37.